The van der Waals surface area contributed by atoms with Crippen molar-refractivity contribution in [3.05, 3.63) is 29.5 Å². The summed E-state index contributed by atoms with van der Waals surface area (Å²) in [5.74, 6) is 0.958. The topological polar surface area (TPSA) is 96.3 Å². The van der Waals surface area contributed by atoms with E-state index in [1.54, 1.807) is 41.3 Å². The minimum atomic E-state index is -0.232. The first kappa shape index (κ1) is 14.9. The van der Waals surface area contributed by atoms with Crippen LogP contribution in [-0.2, 0) is 0 Å². The first-order chi connectivity index (χ1) is 10.2. The maximum atomic E-state index is 9.02. The fourth-order valence-electron chi connectivity index (χ4n) is 1.59. The van der Waals surface area contributed by atoms with Gasteiger partial charge in [0.2, 0.25) is 0 Å². The van der Waals surface area contributed by atoms with Crippen molar-refractivity contribution in [3.8, 4) is 18.2 Å². The summed E-state index contributed by atoms with van der Waals surface area (Å²) < 4.78 is 1.99. The van der Waals surface area contributed by atoms with E-state index in [4.69, 9.17) is 15.8 Å². The lowest BCUT2D eigenvalue weighted by Crippen LogP contribution is -2.00. The maximum absolute atomic E-state index is 9.02. The fraction of sp³-hybridized carbons (Fsp3) is 0.143. The number of thioether (sulfide) groups is 1. The van der Waals surface area contributed by atoms with Gasteiger partial charge in [0, 0.05) is 5.69 Å². The number of allylic oxidation sites excluding steroid dienone is 2. The van der Waals surface area contributed by atoms with Crippen molar-refractivity contribution < 1.29 is 0 Å². The smallest absolute Gasteiger partial charge is 0.163 e. The molecule has 102 valence electrons. The van der Waals surface area contributed by atoms with Gasteiger partial charge in [-0.1, -0.05) is 18.7 Å². The molecule has 0 saturated heterocycles. The lowest BCUT2D eigenvalue weighted by molar-refractivity contribution is 1.30. The number of hydrogen-bond donors (Lipinski definition) is 1. The Bertz CT molecular complexity index is 814. The fourth-order valence-corrected chi connectivity index (χ4v) is 3.60. The third-order valence-electron chi connectivity index (χ3n) is 2.49. The van der Waals surface area contributed by atoms with Gasteiger partial charge in [0.1, 0.15) is 23.9 Å². The second kappa shape index (κ2) is 6.76. The molecule has 1 N–H and O–H groups in total. The molecule has 0 saturated carbocycles. The number of benzene rings is 1. The highest BCUT2D eigenvalue weighted by Crippen LogP contribution is 2.31. The molecule has 0 fully saturated rings. The molecule has 0 amide bonds. The predicted octanol–water partition coefficient (Wildman–Crippen LogP) is 3.65. The molecule has 0 spiro atoms. The Morgan fingerprint density at radius 2 is 2.05 bits per heavy atom. The zero-order valence-electron chi connectivity index (χ0n) is 11.0. The number of hydrogen-bond acceptors (Lipinski definition) is 7. The van der Waals surface area contributed by atoms with E-state index in [0.29, 0.717) is 5.69 Å². The summed E-state index contributed by atoms with van der Waals surface area (Å²) >= 11 is 3.25. The number of rotatable bonds is 4. The zero-order valence-corrected chi connectivity index (χ0v) is 12.7. The summed E-state index contributed by atoms with van der Waals surface area (Å²) in [6.07, 6.45) is 0. The minimum Gasteiger partial charge on any atom is -0.345 e. The van der Waals surface area contributed by atoms with E-state index < -0.39 is 0 Å². The Kier molecular flexibility index (Phi) is 4.79. The quantitative estimate of drug-likeness (QED) is 0.684. The SMILES string of the molecule is CCSc1nc2ccc(NC(C#N)=C(C#N)C#N)cc2s1. The standard InChI is InChI=1S/C14H9N5S2/c1-2-20-14-19-11-4-3-10(5-13(11)21-14)18-12(8-17)9(6-15)7-16/h3-5,18H,2H2,1H3. The normalized spacial score (nSPS) is 9.43. The number of thiazole rings is 1. The molecule has 0 radical (unpaired) electrons. The van der Waals surface area contributed by atoms with Gasteiger partial charge in [-0.3, -0.25) is 0 Å². The van der Waals surface area contributed by atoms with Gasteiger partial charge in [0.25, 0.3) is 0 Å². The number of aromatic nitrogens is 1. The van der Waals surface area contributed by atoms with Gasteiger partial charge >= 0.3 is 0 Å². The van der Waals surface area contributed by atoms with Crippen molar-refractivity contribution in [2.75, 3.05) is 11.1 Å². The average Bonchev–Trinajstić information content (AvgIpc) is 2.89. The van der Waals surface area contributed by atoms with Crippen LogP contribution in [0.5, 0.6) is 0 Å². The molecule has 0 aliphatic carbocycles. The maximum Gasteiger partial charge on any atom is 0.163 e. The van der Waals surface area contributed by atoms with E-state index >= 15 is 0 Å². The van der Waals surface area contributed by atoms with Crippen LogP contribution in [0.15, 0.2) is 33.8 Å². The minimum absolute atomic E-state index is 0.0491. The third-order valence-corrected chi connectivity index (χ3v) is 4.53. The van der Waals surface area contributed by atoms with Crippen LogP contribution in [0.4, 0.5) is 5.69 Å². The molecular formula is C14H9N5S2. The molecule has 1 heterocycles. The number of nitrogens with one attached hydrogen (secondary N) is 1. The van der Waals surface area contributed by atoms with E-state index in [-0.39, 0.29) is 11.3 Å². The van der Waals surface area contributed by atoms with Gasteiger partial charge in [-0.2, -0.15) is 15.8 Å². The van der Waals surface area contributed by atoms with Gasteiger partial charge in [0.05, 0.1) is 10.2 Å². The Hall–Kier alpha value is -2.53. The molecule has 0 atom stereocenters. The van der Waals surface area contributed by atoms with E-state index in [9.17, 15) is 0 Å². The molecule has 0 bridgehead atoms. The Balaban J connectivity index is 2.36. The van der Waals surface area contributed by atoms with Gasteiger partial charge in [-0.15, -0.1) is 11.3 Å². The lowest BCUT2D eigenvalue weighted by Gasteiger charge is -2.03. The van der Waals surface area contributed by atoms with E-state index in [1.165, 1.54) is 0 Å². The van der Waals surface area contributed by atoms with Crippen molar-refractivity contribution in [3.63, 3.8) is 0 Å². The van der Waals surface area contributed by atoms with Crippen molar-refractivity contribution >= 4 is 39.0 Å². The Labute approximate surface area is 130 Å². The highest BCUT2D eigenvalue weighted by molar-refractivity contribution is 8.01. The van der Waals surface area contributed by atoms with Crippen LogP contribution in [0.2, 0.25) is 0 Å². The largest absolute Gasteiger partial charge is 0.345 e. The number of nitrogens with zero attached hydrogens (tertiary/aromatic N) is 4. The Morgan fingerprint density at radius 3 is 2.67 bits per heavy atom. The van der Waals surface area contributed by atoms with Crippen LogP contribution >= 0.6 is 23.1 Å². The second-order valence-corrected chi connectivity index (χ2v) is 6.35. The summed E-state index contributed by atoms with van der Waals surface area (Å²) in [7, 11) is 0. The van der Waals surface area contributed by atoms with Crippen LogP contribution in [0.25, 0.3) is 10.2 Å². The molecule has 7 heteroatoms. The molecule has 0 unspecified atom stereocenters. The first-order valence-corrected chi connectivity index (χ1v) is 7.77. The van der Waals surface area contributed by atoms with Crippen LogP contribution in [0.1, 0.15) is 6.92 Å². The van der Waals surface area contributed by atoms with Crippen molar-refractivity contribution in [1.82, 2.24) is 4.98 Å². The third kappa shape index (κ3) is 3.32. The molecule has 5 nitrogen and oxygen atoms in total. The highest BCUT2D eigenvalue weighted by atomic mass is 32.2. The van der Waals surface area contributed by atoms with E-state index in [1.807, 2.05) is 18.2 Å². The van der Waals surface area contributed by atoms with Gasteiger partial charge in [-0.05, 0) is 24.0 Å². The Morgan fingerprint density at radius 1 is 1.29 bits per heavy atom. The summed E-state index contributed by atoms with van der Waals surface area (Å²) in [6.45, 7) is 2.07. The summed E-state index contributed by atoms with van der Waals surface area (Å²) in [4.78, 5) is 4.48. The predicted molar refractivity (Wildman–Crippen MR) is 83.5 cm³/mol. The van der Waals surface area contributed by atoms with Crippen molar-refractivity contribution in [2.45, 2.75) is 11.3 Å². The van der Waals surface area contributed by atoms with Crippen LogP contribution in [-0.4, -0.2) is 10.7 Å². The summed E-state index contributed by atoms with van der Waals surface area (Å²) in [5.41, 5.74) is 1.26. The molecule has 2 rings (SSSR count). The number of anilines is 1. The van der Waals surface area contributed by atoms with Gasteiger partial charge in [0.15, 0.2) is 9.91 Å². The number of nitriles is 3. The molecule has 1 aromatic carbocycles. The summed E-state index contributed by atoms with van der Waals surface area (Å²) in [5, 5.41) is 29.4. The molecule has 1 aromatic heterocycles. The molecular weight excluding hydrogens is 302 g/mol. The van der Waals surface area contributed by atoms with Crippen molar-refractivity contribution in [1.29, 1.82) is 15.8 Å². The van der Waals surface area contributed by atoms with Gasteiger partial charge < -0.3 is 5.32 Å². The molecule has 0 aliphatic heterocycles. The summed E-state index contributed by atoms with van der Waals surface area (Å²) in [6, 6.07) is 10.7. The molecule has 0 aliphatic rings. The van der Waals surface area contributed by atoms with Crippen LogP contribution in [0.3, 0.4) is 0 Å². The van der Waals surface area contributed by atoms with E-state index in [2.05, 4.69) is 17.2 Å². The second-order valence-electron chi connectivity index (χ2n) is 3.81. The zero-order chi connectivity index (χ0) is 15.2. The average molecular weight is 311 g/mol. The van der Waals surface area contributed by atoms with Gasteiger partial charge in [-0.25, -0.2) is 4.98 Å². The monoisotopic (exact) mass is 311 g/mol. The number of fused-ring (bicyclic) bond motifs is 1. The van der Waals surface area contributed by atoms with Crippen molar-refractivity contribution in [2.24, 2.45) is 0 Å². The molecule has 21 heavy (non-hydrogen) atoms. The highest BCUT2D eigenvalue weighted by Gasteiger charge is 2.08. The van der Waals surface area contributed by atoms with E-state index in [0.717, 1.165) is 20.3 Å². The van der Waals surface area contributed by atoms with Crippen LogP contribution in [0, 0.1) is 34.0 Å². The molecule has 2 aromatic rings. The first-order valence-electron chi connectivity index (χ1n) is 5.96. The lowest BCUT2D eigenvalue weighted by atomic mass is 10.2. The van der Waals surface area contributed by atoms with Crippen LogP contribution < -0.4 is 5.32 Å².